The third kappa shape index (κ3) is 3.09. The van der Waals surface area contributed by atoms with Crippen LogP contribution in [0.15, 0.2) is 17.7 Å². The minimum Gasteiger partial charge on any atom is -0.204 e. The van der Waals surface area contributed by atoms with E-state index < -0.39 is 17.5 Å². The number of allylic oxidation sites excluding steroid dienone is 1. The molecule has 1 aromatic rings. The molecule has 0 atom stereocenters. The Morgan fingerprint density at radius 2 is 1.80 bits per heavy atom. The highest BCUT2D eigenvalue weighted by atomic mass is 79.9. The second-order valence-electron chi connectivity index (χ2n) is 3.09. The molecule has 0 aromatic heterocycles. The Bertz CT molecular complexity index is 356. The lowest BCUT2D eigenvalue weighted by Crippen LogP contribution is -1.92. The van der Waals surface area contributed by atoms with Crippen LogP contribution in [-0.2, 0) is 0 Å². The fourth-order valence-corrected chi connectivity index (χ4v) is 1.69. The Morgan fingerprint density at radius 3 is 2.20 bits per heavy atom. The molecule has 1 rings (SSSR count). The number of rotatable bonds is 3. The van der Waals surface area contributed by atoms with Crippen LogP contribution in [0.1, 0.15) is 18.9 Å². The molecule has 1 aromatic carbocycles. The van der Waals surface area contributed by atoms with E-state index in [0.717, 1.165) is 24.1 Å². The smallest absolute Gasteiger partial charge is 0.194 e. The van der Waals surface area contributed by atoms with Gasteiger partial charge in [0.1, 0.15) is 0 Å². The van der Waals surface area contributed by atoms with E-state index in [-0.39, 0.29) is 0 Å². The van der Waals surface area contributed by atoms with Crippen LogP contribution in [-0.4, -0.2) is 5.33 Å². The van der Waals surface area contributed by atoms with Gasteiger partial charge in [-0.3, -0.25) is 0 Å². The summed E-state index contributed by atoms with van der Waals surface area (Å²) < 4.78 is 38.3. The molecular formula is C11H10BrF3. The van der Waals surface area contributed by atoms with Gasteiger partial charge in [-0.2, -0.15) is 0 Å². The summed E-state index contributed by atoms with van der Waals surface area (Å²) in [5, 5.41) is 0.629. The lowest BCUT2D eigenvalue weighted by atomic mass is 10.1. The van der Waals surface area contributed by atoms with Crippen LogP contribution in [0, 0.1) is 17.5 Å². The molecule has 0 unspecified atom stereocenters. The SMILES string of the molecule is CC/C(=C/c1cc(F)c(F)c(F)c1)CBr. The van der Waals surface area contributed by atoms with Gasteiger partial charge >= 0.3 is 0 Å². The maximum absolute atomic E-state index is 12.8. The van der Waals surface area contributed by atoms with Crippen molar-refractivity contribution in [1.29, 1.82) is 0 Å². The largest absolute Gasteiger partial charge is 0.204 e. The summed E-state index contributed by atoms with van der Waals surface area (Å²) in [5.74, 6) is -3.75. The van der Waals surface area contributed by atoms with Gasteiger partial charge in [-0.25, -0.2) is 13.2 Å². The highest BCUT2D eigenvalue weighted by Gasteiger charge is 2.09. The fourth-order valence-electron chi connectivity index (χ4n) is 1.13. The number of benzene rings is 1. The number of hydrogen-bond donors (Lipinski definition) is 0. The summed E-state index contributed by atoms with van der Waals surface area (Å²) >= 11 is 3.26. The Morgan fingerprint density at radius 1 is 1.27 bits per heavy atom. The summed E-state index contributed by atoms with van der Waals surface area (Å²) in [4.78, 5) is 0. The first kappa shape index (κ1) is 12.3. The summed E-state index contributed by atoms with van der Waals surface area (Å²) in [6, 6.07) is 1.97. The second kappa shape index (κ2) is 5.35. The van der Waals surface area contributed by atoms with Gasteiger partial charge in [-0.15, -0.1) is 0 Å². The van der Waals surface area contributed by atoms with Gasteiger partial charge in [0.05, 0.1) is 0 Å². The van der Waals surface area contributed by atoms with E-state index >= 15 is 0 Å². The molecule has 0 heterocycles. The first-order valence-corrected chi connectivity index (χ1v) is 5.60. The van der Waals surface area contributed by atoms with Crippen molar-refractivity contribution < 1.29 is 13.2 Å². The molecule has 82 valence electrons. The summed E-state index contributed by atoms with van der Waals surface area (Å²) in [5.41, 5.74) is 1.32. The Kier molecular flexibility index (Phi) is 4.39. The van der Waals surface area contributed by atoms with Crippen LogP contribution in [0.3, 0.4) is 0 Å². The highest BCUT2D eigenvalue weighted by Crippen LogP contribution is 2.17. The second-order valence-corrected chi connectivity index (χ2v) is 3.65. The first-order valence-electron chi connectivity index (χ1n) is 4.48. The monoisotopic (exact) mass is 278 g/mol. The highest BCUT2D eigenvalue weighted by molar-refractivity contribution is 9.09. The average Bonchev–Trinajstić information content (AvgIpc) is 2.22. The molecular weight excluding hydrogens is 269 g/mol. The van der Waals surface area contributed by atoms with Crippen molar-refractivity contribution in [3.8, 4) is 0 Å². The third-order valence-corrected chi connectivity index (χ3v) is 2.72. The minimum atomic E-state index is -1.43. The van der Waals surface area contributed by atoms with Gasteiger partial charge in [-0.05, 0) is 24.1 Å². The number of alkyl halides is 1. The van der Waals surface area contributed by atoms with Crippen molar-refractivity contribution in [3.63, 3.8) is 0 Å². The van der Waals surface area contributed by atoms with E-state index in [9.17, 15) is 13.2 Å². The maximum Gasteiger partial charge on any atom is 0.194 e. The first-order chi connectivity index (χ1) is 7.08. The van der Waals surface area contributed by atoms with E-state index in [0.29, 0.717) is 10.9 Å². The van der Waals surface area contributed by atoms with E-state index in [4.69, 9.17) is 0 Å². The molecule has 0 saturated carbocycles. The third-order valence-electron chi connectivity index (χ3n) is 2.00. The summed E-state index contributed by atoms with van der Waals surface area (Å²) in [6.45, 7) is 1.93. The maximum atomic E-state index is 12.8. The van der Waals surface area contributed by atoms with Gasteiger partial charge in [-0.1, -0.05) is 34.5 Å². The quantitative estimate of drug-likeness (QED) is 0.572. The molecule has 0 spiro atoms. The molecule has 0 radical (unpaired) electrons. The van der Waals surface area contributed by atoms with Crippen molar-refractivity contribution in [3.05, 3.63) is 40.7 Å². The van der Waals surface area contributed by atoms with Crippen molar-refractivity contribution >= 4 is 22.0 Å². The van der Waals surface area contributed by atoms with E-state index in [1.807, 2.05) is 6.92 Å². The normalized spacial score (nSPS) is 11.9. The fraction of sp³-hybridized carbons (Fsp3) is 0.273. The summed E-state index contributed by atoms with van der Waals surface area (Å²) in [7, 11) is 0. The van der Waals surface area contributed by atoms with E-state index in [1.54, 1.807) is 6.08 Å². The van der Waals surface area contributed by atoms with Crippen molar-refractivity contribution in [2.75, 3.05) is 5.33 Å². The number of halogens is 4. The molecule has 0 fully saturated rings. The molecule has 0 N–H and O–H groups in total. The van der Waals surface area contributed by atoms with Gasteiger partial charge < -0.3 is 0 Å². The van der Waals surface area contributed by atoms with Crippen LogP contribution in [0.25, 0.3) is 6.08 Å². The zero-order valence-electron chi connectivity index (χ0n) is 8.16. The Labute approximate surface area is 94.9 Å². The Hall–Kier alpha value is -0.770. The topological polar surface area (TPSA) is 0 Å². The van der Waals surface area contributed by atoms with Crippen LogP contribution >= 0.6 is 15.9 Å². The zero-order valence-corrected chi connectivity index (χ0v) is 9.74. The molecule has 0 bridgehead atoms. The van der Waals surface area contributed by atoms with Gasteiger partial charge in [0.15, 0.2) is 17.5 Å². The molecule has 15 heavy (non-hydrogen) atoms. The van der Waals surface area contributed by atoms with Crippen LogP contribution in [0.5, 0.6) is 0 Å². The van der Waals surface area contributed by atoms with Crippen molar-refractivity contribution in [2.45, 2.75) is 13.3 Å². The lowest BCUT2D eigenvalue weighted by Gasteiger charge is -2.01. The predicted octanol–water partition coefficient (Wildman–Crippen LogP) is 4.29. The molecule has 4 heteroatoms. The summed E-state index contributed by atoms with van der Waals surface area (Å²) in [6.07, 6.45) is 2.41. The molecule has 0 saturated heterocycles. The Balaban J connectivity index is 3.11. The predicted molar refractivity (Wildman–Crippen MR) is 58.4 cm³/mol. The molecule has 0 amide bonds. The molecule has 0 aliphatic carbocycles. The standard InChI is InChI=1S/C11H10BrF3/c1-2-7(6-12)3-8-4-9(13)11(15)10(14)5-8/h3-5H,2,6H2,1H3/b7-3-. The van der Waals surface area contributed by atoms with Crippen LogP contribution in [0.2, 0.25) is 0 Å². The molecule has 0 aliphatic rings. The van der Waals surface area contributed by atoms with Crippen LogP contribution in [0.4, 0.5) is 13.2 Å². The zero-order chi connectivity index (χ0) is 11.4. The van der Waals surface area contributed by atoms with E-state index in [1.165, 1.54) is 0 Å². The lowest BCUT2D eigenvalue weighted by molar-refractivity contribution is 0.447. The van der Waals surface area contributed by atoms with Crippen molar-refractivity contribution in [2.24, 2.45) is 0 Å². The minimum absolute atomic E-state index is 0.336. The average molecular weight is 279 g/mol. The van der Waals surface area contributed by atoms with Gasteiger partial charge in [0, 0.05) is 5.33 Å². The molecule has 0 nitrogen and oxygen atoms in total. The molecule has 0 aliphatic heterocycles. The van der Waals surface area contributed by atoms with Crippen molar-refractivity contribution in [1.82, 2.24) is 0 Å². The van der Waals surface area contributed by atoms with E-state index in [2.05, 4.69) is 15.9 Å². The van der Waals surface area contributed by atoms with Crippen LogP contribution < -0.4 is 0 Å². The number of hydrogen-bond acceptors (Lipinski definition) is 0. The van der Waals surface area contributed by atoms with Gasteiger partial charge in [0.2, 0.25) is 0 Å². The van der Waals surface area contributed by atoms with Gasteiger partial charge in [0.25, 0.3) is 0 Å².